The highest BCUT2D eigenvalue weighted by Gasteiger charge is 2.27. The summed E-state index contributed by atoms with van der Waals surface area (Å²) in [6.45, 7) is 6.69. The maximum absolute atomic E-state index is 13.1. The third-order valence-electron chi connectivity index (χ3n) is 4.99. The number of benzene rings is 2. The van der Waals surface area contributed by atoms with Crippen LogP contribution in [0.4, 0.5) is 14.9 Å². The van der Waals surface area contributed by atoms with Crippen LogP contribution in [0, 0.1) is 5.82 Å². The number of anilines is 1. The maximum atomic E-state index is 13.1. The number of rotatable bonds is 4. The quantitative estimate of drug-likeness (QED) is 0.893. The molecule has 1 heterocycles. The highest BCUT2D eigenvalue weighted by Crippen LogP contribution is 2.22. The first-order chi connectivity index (χ1) is 12.9. The summed E-state index contributed by atoms with van der Waals surface area (Å²) in [4.78, 5) is 16.8. The highest BCUT2D eigenvalue weighted by molar-refractivity contribution is 5.75. The number of nitrogens with zero attached hydrogens (tertiary/aromatic N) is 2. The summed E-state index contributed by atoms with van der Waals surface area (Å²) in [7, 11) is 1.65. The van der Waals surface area contributed by atoms with E-state index in [4.69, 9.17) is 4.74 Å². The molecule has 1 fully saturated rings. The third-order valence-corrected chi connectivity index (χ3v) is 4.99. The van der Waals surface area contributed by atoms with Crippen molar-refractivity contribution >= 4 is 11.7 Å². The van der Waals surface area contributed by atoms with Gasteiger partial charge in [0.05, 0.1) is 12.6 Å². The second kappa shape index (κ2) is 7.86. The summed E-state index contributed by atoms with van der Waals surface area (Å²) in [5.74, 6) is 0.551. The molecule has 2 aromatic carbocycles. The van der Waals surface area contributed by atoms with Crippen molar-refractivity contribution in [3.63, 3.8) is 0 Å². The van der Waals surface area contributed by atoms with Crippen LogP contribution in [0.15, 0.2) is 48.5 Å². The summed E-state index contributed by atoms with van der Waals surface area (Å²) in [6, 6.07) is 14.1. The molecule has 1 N–H and O–H groups in total. The number of carbonyl (C=O) groups is 1. The molecule has 1 aliphatic rings. The molecule has 0 spiro atoms. The largest absolute Gasteiger partial charge is 0.497 e. The molecule has 27 heavy (non-hydrogen) atoms. The number of carbonyl (C=O) groups excluding carboxylic acids is 1. The van der Waals surface area contributed by atoms with E-state index in [0.717, 1.165) is 30.1 Å². The molecule has 6 heteroatoms. The molecule has 1 saturated heterocycles. The smallest absolute Gasteiger partial charge is 0.318 e. The predicted octanol–water partition coefficient (Wildman–Crippen LogP) is 3.60. The molecular weight excluding hydrogens is 345 g/mol. The number of hydrogen-bond donors (Lipinski definition) is 1. The van der Waals surface area contributed by atoms with Gasteiger partial charge in [-0.3, -0.25) is 0 Å². The van der Waals surface area contributed by atoms with Gasteiger partial charge < -0.3 is 19.9 Å². The Bertz CT molecular complexity index is 767. The lowest BCUT2D eigenvalue weighted by Crippen LogP contribution is -2.55. The third kappa shape index (κ3) is 4.51. The SMILES string of the molecule is COc1ccc(N2CCN(C(=O)NC(C)(C)c3ccc(F)cc3)CC2)cc1. The minimum Gasteiger partial charge on any atom is -0.497 e. The van der Waals surface area contributed by atoms with Crippen LogP contribution in [0.2, 0.25) is 0 Å². The average Bonchev–Trinajstić information content (AvgIpc) is 2.68. The molecule has 0 unspecified atom stereocenters. The van der Waals surface area contributed by atoms with Crippen LogP contribution in [0.1, 0.15) is 19.4 Å². The monoisotopic (exact) mass is 371 g/mol. The van der Waals surface area contributed by atoms with Crippen LogP contribution in [0.25, 0.3) is 0 Å². The number of amides is 2. The van der Waals surface area contributed by atoms with Gasteiger partial charge in [-0.05, 0) is 55.8 Å². The second-order valence-electron chi connectivity index (χ2n) is 7.23. The Morgan fingerprint density at radius 2 is 1.59 bits per heavy atom. The van der Waals surface area contributed by atoms with E-state index in [0.29, 0.717) is 13.1 Å². The van der Waals surface area contributed by atoms with Gasteiger partial charge in [-0.15, -0.1) is 0 Å². The van der Waals surface area contributed by atoms with Gasteiger partial charge in [0.2, 0.25) is 0 Å². The van der Waals surface area contributed by atoms with Crippen LogP contribution in [0.3, 0.4) is 0 Å². The highest BCUT2D eigenvalue weighted by atomic mass is 19.1. The molecule has 0 aliphatic carbocycles. The van der Waals surface area contributed by atoms with Crippen LogP contribution in [0.5, 0.6) is 5.75 Å². The topological polar surface area (TPSA) is 44.8 Å². The normalized spacial score (nSPS) is 14.8. The van der Waals surface area contributed by atoms with E-state index in [2.05, 4.69) is 10.2 Å². The van der Waals surface area contributed by atoms with Crippen molar-refractivity contribution < 1.29 is 13.9 Å². The van der Waals surface area contributed by atoms with Gasteiger partial charge in [0, 0.05) is 31.9 Å². The summed E-state index contributed by atoms with van der Waals surface area (Å²) in [5.41, 5.74) is 1.43. The number of halogens is 1. The van der Waals surface area contributed by atoms with E-state index in [9.17, 15) is 9.18 Å². The van der Waals surface area contributed by atoms with Crippen LogP contribution < -0.4 is 15.0 Å². The number of nitrogens with one attached hydrogen (secondary N) is 1. The Morgan fingerprint density at radius 1 is 1.00 bits per heavy atom. The summed E-state index contributed by atoms with van der Waals surface area (Å²) >= 11 is 0. The Balaban J connectivity index is 1.56. The lowest BCUT2D eigenvalue weighted by atomic mass is 9.94. The second-order valence-corrected chi connectivity index (χ2v) is 7.23. The first-order valence-corrected chi connectivity index (χ1v) is 9.11. The lowest BCUT2D eigenvalue weighted by molar-refractivity contribution is 0.183. The maximum Gasteiger partial charge on any atom is 0.318 e. The Hall–Kier alpha value is -2.76. The van der Waals surface area contributed by atoms with Gasteiger partial charge in [-0.2, -0.15) is 0 Å². The fourth-order valence-electron chi connectivity index (χ4n) is 3.25. The van der Waals surface area contributed by atoms with Crippen molar-refractivity contribution in [2.24, 2.45) is 0 Å². The summed E-state index contributed by atoms with van der Waals surface area (Å²) in [5, 5.41) is 3.06. The van der Waals surface area contributed by atoms with Crippen LogP contribution >= 0.6 is 0 Å². The molecule has 2 amide bonds. The molecule has 0 atom stereocenters. The number of methoxy groups -OCH3 is 1. The zero-order chi connectivity index (χ0) is 19.4. The number of hydrogen-bond acceptors (Lipinski definition) is 3. The Labute approximate surface area is 159 Å². The molecule has 0 radical (unpaired) electrons. The minimum absolute atomic E-state index is 0.0984. The molecule has 3 rings (SSSR count). The minimum atomic E-state index is -0.572. The summed E-state index contributed by atoms with van der Waals surface area (Å²) < 4.78 is 18.3. The van der Waals surface area contributed by atoms with E-state index >= 15 is 0 Å². The van der Waals surface area contributed by atoms with Gasteiger partial charge in [0.25, 0.3) is 0 Å². The van der Waals surface area contributed by atoms with Crippen LogP contribution in [-0.4, -0.2) is 44.2 Å². The molecule has 0 aromatic heterocycles. The van der Waals surface area contributed by atoms with Crippen molar-refractivity contribution in [3.8, 4) is 5.75 Å². The number of urea groups is 1. The fourth-order valence-corrected chi connectivity index (χ4v) is 3.25. The molecule has 5 nitrogen and oxygen atoms in total. The average molecular weight is 371 g/mol. The molecule has 1 aliphatic heterocycles. The first kappa shape index (κ1) is 19.0. The zero-order valence-corrected chi connectivity index (χ0v) is 16.0. The van der Waals surface area contributed by atoms with Crippen molar-refractivity contribution in [1.82, 2.24) is 10.2 Å². The van der Waals surface area contributed by atoms with E-state index in [1.807, 2.05) is 43.0 Å². The summed E-state index contributed by atoms with van der Waals surface area (Å²) in [6.07, 6.45) is 0. The van der Waals surface area contributed by atoms with Gasteiger partial charge in [-0.25, -0.2) is 9.18 Å². The predicted molar refractivity (Wildman–Crippen MR) is 105 cm³/mol. The van der Waals surface area contributed by atoms with Gasteiger partial charge >= 0.3 is 6.03 Å². The molecule has 144 valence electrons. The lowest BCUT2D eigenvalue weighted by Gasteiger charge is -2.38. The Kier molecular flexibility index (Phi) is 5.54. The molecule has 0 bridgehead atoms. The first-order valence-electron chi connectivity index (χ1n) is 9.11. The van der Waals surface area contributed by atoms with E-state index in [1.165, 1.54) is 12.1 Å². The molecular formula is C21H26FN3O2. The fraction of sp³-hybridized carbons (Fsp3) is 0.381. The van der Waals surface area contributed by atoms with E-state index in [-0.39, 0.29) is 11.8 Å². The van der Waals surface area contributed by atoms with Crippen molar-refractivity contribution in [2.75, 3.05) is 38.2 Å². The Morgan fingerprint density at radius 3 is 2.15 bits per heavy atom. The van der Waals surface area contributed by atoms with Crippen molar-refractivity contribution in [3.05, 3.63) is 59.9 Å². The number of ether oxygens (including phenoxy) is 1. The van der Waals surface area contributed by atoms with E-state index in [1.54, 1.807) is 19.2 Å². The van der Waals surface area contributed by atoms with Gasteiger partial charge in [0.15, 0.2) is 0 Å². The standard InChI is InChI=1S/C21H26FN3O2/c1-21(2,16-4-6-17(22)7-5-16)23-20(26)25-14-12-24(13-15-25)18-8-10-19(27-3)11-9-18/h4-11H,12-15H2,1-3H3,(H,23,26). The van der Waals surface area contributed by atoms with Gasteiger partial charge in [0.1, 0.15) is 11.6 Å². The molecule has 2 aromatic rings. The van der Waals surface area contributed by atoms with Crippen LogP contribution in [-0.2, 0) is 5.54 Å². The van der Waals surface area contributed by atoms with Gasteiger partial charge in [-0.1, -0.05) is 12.1 Å². The van der Waals surface area contributed by atoms with Crippen molar-refractivity contribution in [1.29, 1.82) is 0 Å². The number of piperazine rings is 1. The zero-order valence-electron chi connectivity index (χ0n) is 16.0. The van der Waals surface area contributed by atoms with E-state index < -0.39 is 5.54 Å². The molecule has 0 saturated carbocycles. The van der Waals surface area contributed by atoms with Crippen molar-refractivity contribution in [2.45, 2.75) is 19.4 Å².